The van der Waals surface area contributed by atoms with Gasteiger partial charge in [0.1, 0.15) is 0 Å². The highest BCUT2D eigenvalue weighted by Gasteiger charge is 2.27. The van der Waals surface area contributed by atoms with Gasteiger partial charge in [-0.2, -0.15) is 0 Å². The molecule has 0 aromatic heterocycles. The predicted molar refractivity (Wildman–Crippen MR) is 59.1 cm³/mol. The highest BCUT2D eigenvalue weighted by molar-refractivity contribution is 5.25. The smallest absolute Gasteiger partial charge is 0.0446 e. The van der Waals surface area contributed by atoms with Crippen LogP contribution in [-0.4, -0.2) is 17.8 Å². The summed E-state index contributed by atoms with van der Waals surface area (Å²) in [6.45, 7) is 4.38. The Hall–Kier alpha value is -0.860. The molecule has 0 spiro atoms. The summed E-state index contributed by atoms with van der Waals surface area (Å²) in [5.74, 6) is 0. The van der Waals surface area contributed by atoms with Gasteiger partial charge >= 0.3 is 0 Å². The molecule has 0 heterocycles. The topological polar surface area (TPSA) is 46.2 Å². The summed E-state index contributed by atoms with van der Waals surface area (Å²) in [5, 5.41) is 8.87. The standard InChI is InChI=1S/C12H19NO/c1-12(2,11(13)8-9-14)10-6-4-3-5-7-10/h3-7,11,14H,8-9,13H2,1-2H3. The summed E-state index contributed by atoms with van der Waals surface area (Å²) >= 11 is 0. The Balaban J connectivity index is 2.84. The molecule has 0 bridgehead atoms. The Bertz CT molecular complexity index is 269. The molecule has 3 N–H and O–H groups in total. The van der Waals surface area contributed by atoms with Gasteiger partial charge in [0.15, 0.2) is 0 Å². The molecule has 0 aliphatic carbocycles. The lowest BCUT2D eigenvalue weighted by Crippen LogP contribution is -2.41. The van der Waals surface area contributed by atoms with E-state index < -0.39 is 0 Å². The molecule has 78 valence electrons. The Labute approximate surface area is 85.8 Å². The molecule has 0 aliphatic heterocycles. The zero-order valence-corrected chi connectivity index (χ0v) is 8.90. The minimum absolute atomic E-state index is 0.00472. The van der Waals surface area contributed by atoms with Crippen molar-refractivity contribution in [3.05, 3.63) is 35.9 Å². The van der Waals surface area contributed by atoms with E-state index >= 15 is 0 Å². The summed E-state index contributed by atoms with van der Waals surface area (Å²) in [6, 6.07) is 10.2. The first-order valence-electron chi connectivity index (χ1n) is 5.01. The Morgan fingerprint density at radius 3 is 2.36 bits per heavy atom. The van der Waals surface area contributed by atoms with Crippen molar-refractivity contribution in [3.63, 3.8) is 0 Å². The highest BCUT2D eigenvalue weighted by Crippen LogP contribution is 2.27. The molecule has 2 nitrogen and oxygen atoms in total. The van der Waals surface area contributed by atoms with E-state index in [-0.39, 0.29) is 18.1 Å². The third-order valence-electron chi connectivity index (χ3n) is 2.88. The Morgan fingerprint density at radius 1 is 1.29 bits per heavy atom. The van der Waals surface area contributed by atoms with Crippen molar-refractivity contribution in [2.24, 2.45) is 5.73 Å². The first-order valence-corrected chi connectivity index (χ1v) is 5.01. The number of hydrogen-bond donors (Lipinski definition) is 2. The molecular formula is C12H19NO. The van der Waals surface area contributed by atoms with Gasteiger partial charge in [0.2, 0.25) is 0 Å². The fraction of sp³-hybridized carbons (Fsp3) is 0.500. The molecular weight excluding hydrogens is 174 g/mol. The molecule has 1 aromatic rings. The average Bonchev–Trinajstić information content (AvgIpc) is 2.19. The van der Waals surface area contributed by atoms with Gasteiger partial charge in [-0.25, -0.2) is 0 Å². The van der Waals surface area contributed by atoms with Crippen LogP contribution in [0.3, 0.4) is 0 Å². The Kier molecular flexibility index (Phi) is 3.67. The number of aliphatic hydroxyl groups excluding tert-OH is 1. The van der Waals surface area contributed by atoms with E-state index in [1.165, 1.54) is 5.56 Å². The van der Waals surface area contributed by atoms with Crippen molar-refractivity contribution in [2.45, 2.75) is 31.7 Å². The molecule has 1 unspecified atom stereocenters. The SMILES string of the molecule is CC(C)(c1ccccc1)C(N)CCO. The van der Waals surface area contributed by atoms with Crippen LogP contribution >= 0.6 is 0 Å². The minimum atomic E-state index is -0.0794. The predicted octanol–water partition coefficient (Wildman–Crippen LogP) is 1.67. The van der Waals surface area contributed by atoms with Crippen LogP contribution in [0.2, 0.25) is 0 Å². The maximum Gasteiger partial charge on any atom is 0.0446 e. The number of nitrogens with two attached hydrogens (primary N) is 1. The van der Waals surface area contributed by atoms with E-state index in [0.29, 0.717) is 6.42 Å². The first kappa shape index (κ1) is 11.2. The van der Waals surface area contributed by atoms with Gasteiger partial charge in [0.05, 0.1) is 0 Å². The molecule has 14 heavy (non-hydrogen) atoms. The molecule has 0 saturated carbocycles. The van der Waals surface area contributed by atoms with Gasteiger partial charge in [-0.1, -0.05) is 44.2 Å². The van der Waals surface area contributed by atoms with E-state index in [1.54, 1.807) is 0 Å². The summed E-state index contributed by atoms with van der Waals surface area (Å²) in [5.41, 5.74) is 7.18. The second-order valence-electron chi connectivity index (χ2n) is 4.21. The highest BCUT2D eigenvalue weighted by atomic mass is 16.3. The lowest BCUT2D eigenvalue weighted by molar-refractivity contribution is 0.250. The third kappa shape index (κ3) is 2.34. The van der Waals surface area contributed by atoms with E-state index in [9.17, 15) is 0 Å². The summed E-state index contributed by atoms with van der Waals surface area (Å²) in [6.07, 6.45) is 0.641. The van der Waals surface area contributed by atoms with Crippen LogP contribution in [0, 0.1) is 0 Å². The van der Waals surface area contributed by atoms with Crippen LogP contribution in [-0.2, 0) is 5.41 Å². The summed E-state index contributed by atoms with van der Waals surface area (Å²) in [7, 11) is 0. The first-order chi connectivity index (χ1) is 6.59. The lowest BCUT2D eigenvalue weighted by atomic mass is 9.77. The van der Waals surface area contributed by atoms with Gasteiger partial charge in [-0.05, 0) is 12.0 Å². The van der Waals surface area contributed by atoms with Gasteiger partial charge in [0, 0.05) is 18.1 Å². The van der Waals surface area contributed by atoms with E-state index in [1.807, 2.05) is 18.2 Å². The fourth-order valence-electron chi connectivity index (χ4n) is 1.58. The molecule has 0 aliphatic rings. The van der Waals surface area contributed by atoms with E-state index in [2.05, 4.69) is 26.0 Å². The maximum absolute atomic E-state index is 8.87. The quantitative estimate of drug-likeness (QED) is 0.764. The molecule has 1 rings (SSSR count). The molecule has 0 amide bonds. The number of rotatable bonds is 4. The zero-order chi connectivity index (χ0) is 10.6. The third-order valence-corrected chi connectivity index (χ3v) is 2.88. The minimum Gasteiger partial charge on any atom is -0.396 e. The zero-order valence-electron chi connectivity index (χ0n) is 8.90. The second-order valence-corrected chi connectivity index (χ2v) is 4.21. The number of aliphatic hydroxyl groups is 1. The normalized spacial score (nSPS) is 14.0. The van der Waals surface area contributed by atoms with Crippen LogP contribution in [0.5, 0.6) is 0 Å². The molecule has 1 aromatic carbocycles. The molecule has 0 saturated heterocycles. The largest absolute Gasteiger partial charge is 0.396 e. The van der Waals surface area contributed by atoms with Gasteiger partial charge in [-0.3, -0.25) is 0 Å². The van der Waals surface area contributed by atoms with E-state index in [4.69, 9.17) is 10.8 Å². The lowest BCUT2D eigenvalue weighted by Gasteiger charge is -2.31. The van der Waals surface area contributed by atoms with Crippen molar-refractivity contribution in [1.29, 1.82) is 0 Å². The molecule has 0 fully saturated rings. The van der Waals surface area contributed by atoms with Gasteiger partial charge in [0.25, 0.3) is 0 Å². The second kappa shape index (κ2) is 4.58. The van der Waals surface area contributed by atoms with Gasteiger partial charge in [-0.15, -0.1) is 0 Å². The molecule has 1 atom stereocenters. The van der Waals surface area contributed by atoms with Crippen LogP contribution in [0.1, 0.15) is 25.8 Å². The van der Waals surface area contributed by atoms with Crippen molar-refractivity contribution >= 4 is 0 Å². The summed E-state index contributed by atoms with van der Waals surface area (Å²) in [4.78, 5) is 0. The molecule has 2 heteroatoms. The van der Waals surface area contributed by atoms with Crippen molar-refractivity contribution in [1.82, 2.24) is 0 Å². The van der Waals surface area contributed by atoms with Crippen molar-refractivity contribution in [2.75, 3.05) is 6.61 Å². The van der Waals surface area contributed by atoms with Crippen LogP contribution < -0.4 is 5.73 Å². The van der Waals surface area contributed by atoms with Crippen molar-refractivity contribution < 1.29 is 5.11 Å². The monoisotopic (exact) mass is 193 g/mol. The average molecular weight is 193 g/mol. The molecule has 0 radical (unpaired) electrons. The maximum atomic E-state index is 8.87. The Morgan fingerprint density at radius 2 is 1.86 bits per heavy atom. The fourth-order valence-corrected chi connectivity index (χ4v) is 1.58. The van der Waals surface area contributed by atoms with Crippen LogP contribution in [0.25, 0.3) is 0 Å². The summed E-state index contributed by atoms with van der Waals surface area (Å²) < 4.78 is 0. The van der Waals surface area contributed by atoms with E-state index in [0.717, 1.165) is 0 Å². The van der Waals surface area contributed by atoms with Crippen LogP contribution in [0.4, 0.5) is 0 Å². The van der Waals surface area contributed by atoms with Gasteiger partial charge < -0.3 is 10.8 Å². The number of benzene rings is 1. The van der Waals surface area contributed by atoms with Crippen LogP contribution in [0.15, 0.2) is 30.3 Å². The number of hydrogen-bond acceptors (Lipinski definition) is 2. The van der Waals surface area contributed by atoms with Crippen molar-refractivity contribution in [3.8, 4) is 0 Å².